The molecule has 2 aromatic heterocycles. The van der Waals surface area contributed by atoms with Crippen LogP contribution in [0.3, 0.4) is 0 Å². The van der Waals surface area contributed by atoms with Crippen molar-refractivity contribution >= 4 is 22.8 Å². The highest BCUT2D eigenvalue weighted by Gasteiger charge is 2.24. The van der Waals surface area contributed by atoms with E-state index in [-0.39, 0.29) is 5.91 Å². The molecule has 0 saturated carbocycles. The second-order valence-electron chi connectivity index (χ2n) is 6.25. The number of hydrogen-bond donors (Lipinski definition) is 0. The van der Waals surface area contributed by atoms with E-state index in [4.69, 9.17) is 0 Å². The summed E-state index contributed by atoms with van der Waals surface area (Å²) in [5.41, 5.74) is 1.58. The number of aromatic nitrogens is 4. The minimum absolute atomic E-state index is 0.0886. The lowest BCUT2D eigenvalue weighted by Crippen LogP contribution is -2.49. The van der Waals surface area contributed by atoms with Crippen molar-refractivity contribution in [3.8, 4) is 0 Å². The van der Waals surface area contributed by atoms with Crippen LogP contribution in [0.15, 0.2) is 36.5 Å². The fourth-order valence-electron chi connectivity index (χ4n) is 3.24. The molecular formula is C18H20N6O. The van der Waals surface area contributed by atoms with Crippen LogP contribution in [0.2, 0.25) is 0 Å². The number of rotatable bonds is 2. The molecule has 1 saturated heterocycles. The van der Waals surface area contributed by atoms with Gasteiger partial charge >= 0.3 is 0 Å². The summed E-state index contributed by atoms with van der Waals surface area (Å²) in [7, 11) is 1.88. The van der Waals surface area contributed by atoms with Gasteiger partial charge in [0.15, 0.2) is 5.65 Å². The average molecular weight is 336 g/mol. The van der Waals surface area contributed by atoms with Crippen LogP contribution >= 0.6 is 0 Å². The molecule has 25 heavy (non-hydrogen) atoms. The Morgan fingerprint density at radius 2 is 1.76 bits per heavy atom. The van der Waals surface area contributed by atoms with Gasteiger partial charge in [-0.25, -0.2) is 9.97 Å². The third-order valence-corrected chi connectivity index (χ3v) is 4.57. The van der Waals surface area contributed by atoms with Crippen molar-refractivity contribution in [2.24, 2.45) is 7.05 Å². The number of anilines is 1. The van der Waals surface area contributed by atoms with E-state index in [9.17, 15) is 4.79 Å². The van der Waals surface area contributed by atoms with Crippen molar-refractivity contribution < 1.29 is 4.79 Å². The van der Waals surface area contributed by atoms with E-state index in [0.717, 1.165) is 41.3 Å². The SMILES string of the molecule is Cc1nc(N2CCN(C(=O)c3ccccc3)CC2)c2cnn(C)c2n1. The number of amides is 1. The van der Waals surface area contributed by atoms with Gasteiger partial charge in [0, 0.05) is 38.8 Å². The first-order chi connectivity index (χ1) is 12.1. The van der Waals surface area contributed by atoms with Crippen molar-refractivity contribution in [3.05, 3.63) is 47.9 Å². The molecule has 0 atom stereocenters. The quantitative estimate of drug-likeness (QED) is 0.712. The summed E-state index contributed by atoms with van der Waals surface area (Å²) in [6.45, 7) is 4.75. The zero-order valence-electron chi connectivity index (χ0n) is 14.4. The van der Waals surface area contributed by atoms with E-state index >= 15 is 0 Å². The van der Waals surface area contributed by atoms with Crippen LogP contribution in [0.1, 0.15) is 16.2 Å². The Morgan fingerprint density at radius 1 is 1.04 bits per heavy atom. The lowest BCUT2D eigenvalue weighted by Gasteiger charge is -2.35. The van der Waals surface area contributed by atoms with Gasteiger partial charge in [-0.05, 0) is 19.1 Å². The summed E-state index contributed by atoms with van der Waals surface area (Å²) in [5, 5.41) is 5.25. The molecule has 0 unspecified atom stereocenters. The summed E-state index contributed by atoms with van der Waals surface area (Å²) in [6.07, 6.45) is 1.81. The highest BCUT2D eigenvalue weighted by atomic mass is 16.2. The summed E-state index contributed by atoms with van der Waals surface area (Å²) in [6, 6.07) is 9.44. The van der Waals surface area contributed by atoms with Crippen LogP contribution in [-0.4, -0.2) is 56.7 Å². The first-order valence-electron chi connectivity index (χ1n) is 8.39. The van der Waals surface area contributed by atoms with Crippen molar-refractivity contribution in [2.75, 3.05) is 31.1 Å². The Kier molecular flexibility index (Phi) is 3.83. The predicted octanol–water partition coefficient (Wildman–Crippen LogP) is 1.63. The summed E-state index contributed by atoms with van der Waals surface area (Å²) in [5.74, 6) is 1.72. The first kappa shape index (κ1) is 15.6. The third kappa shape index (κ3) is 2.82. The number of carbonyl (C=O) groups excluding carboxylic acids is 1. The van der Waals surface area contributed by atoms with Gasteiger partial charge < -0.3 is 9.80 Å². The third-order valence-electron chi connectivity index (χ3n) is 4.57. The highest BCUT2D eigenvalue weighted by Crippen LogP contribution is 2.24. The predicted molar refractivity (Wildman–Crippen MR) is 95.6 cm³/mol. The van der Waals surface area contributed by atoms with Gasteiger partial charge in [0.2, 0.25) is 0 Å². The molecule has 1 aromatic carbocycles. The van der Waals surface area contributed by atoms with Crippen LogP contribution in [0.5, 0.6) is 0 Å². The second kappa shape index (κ2) is 6.16. The van der Waals surface area contributed by atoms with E-state index < -0.39 is 0 Å². The van der Waals surface area contributed by atoms with Crippen molar-refractivity contribution in [1.29, 1.82) is 0 Å². The minimum Gasteiger partial charge on any atom is -0.352 e. The summed E-state index contributed by atoms with van der Waals surface area (Å²) < 4.78 is 1.77. The molecule has 1 aliphatic rings. The second-order valence-corrected chi connectivity index (χ2v) is 6.25. The number of piperazine rings is 1. The lowest BCUT2D eigenvalue weighted by atomic mass is 10.2. The van der Waals surface area contributed by atoms with E-state index in [1.165, 1.54) is 0 Å². The van der Waals surface area contributed by atoms with Gasteiger partial charge in [-0.3, -0.25) is 9.48 Å². The molecule has 1 amide bonds. The van der Waals surface area contributed by atoms with Gasteiger partial charge in [0.1, 0.15) is 11.6 Å². The molecule has 0 radical (unpaired) electrons. The first-order valence-corrected chi connectivity index (χ1v) is 8.39. The average Bonchev–Trinajstić information content (AvgIpc) is 3.02. The molecule has 1 aliphatic heterocycles. The number of benzene rings is 1. The maximum Gasteiger partial charge on any atom is 0.253 e. The largest absolute Gasteiger partial charge is 0.352 e. The number of fused-ring (bicyclic) bond motifs is 1. The van der Waals surface area contributed by atoms with Gasteiger partial charge in [-0.15, -0.1) is 0 Å². The van der Waals surface area contributed by atoms with Crippen LogP contribution in [0.4, 0.5) is 5.82 Å². The van der Waals surface area contributed by atoms with Crippen molar-refractivity contribution in [3.63, 3.8) is 0 Å². The minimum atomic E-state index is 0.0886. The molecule has 7 nitrogen and oxygen atoms in total. The number of aryl methyl sites for hydroxylation is 2. The molecule has 3 heterocycles. The van der Waals surface area contributed by atoms with Crippen molar-refractivity contribution in [2.45, 2.75) is 6.92 Å². The molecule has 3 aromatic rings. The number of nitrogens with zero attached hydrogens (tertiary/aromatic N) is 6. The van der Waals surface area contributed by atoms with Crippen LogP contribution in [0, 0.1) is 6.92 Å². The maximum atomic E-state index is 12.6. The standard InChI is InChI=1S/C18H20N6O/c1-13-20-16-15(12-19-22(16)2)17(21-13)23-8-10-24(11-9-23)18(25)14-6-4-3-5-7-14/h3-7,12H,8-11H2,1-2H3. The number of hydrogen-bond acceptors (Lipinski definition) is 5. The Balaban J connectivity index is 1.54. The van der Waals surface area contributed by atoms with E-state index in [0.29, 0.717) is 13.1 Å². The molecule has 0 aliphatic carbocycles. The molecule has 4 rings (SSSR count). The van der Waals surface area contributed by atoms with Crippen molar-refractivity contribution in [1.82, 2.24) is 24.6 Å². The molecular weight excluding hydrogens is 316 g/mol. The molecule has 0 spiro atoms. The molecule has 7 heteroatoms. The molecule has 0 N–H and O–H groups in total. The van der Waals surface area contributed by atoms with Crippen LogP contribution < -0.4 is 4.90 Å². The normalized spacial score (nSPS) is 15.0. The van der Waals surface area contributed by atoms with Gasteiger partial charge in [0.05, 0.1) is 11.6 Å². The monoisotopic (exact) mass is 336 g/mol. The fraction of sp³-hybridized carbons (Fsp3) is 0.333. The van der Waals surface area contributed by atoms with Crippen LogP contribution in [-0.2, 0) is 7.05 Å². The summed E-state index contributed by atoms with van der Waals surface area (Å²) >= 11 is 0. The van der Waals surface area contributed by atoms with Gasteiger partial charge in [0.25, 0.3) is 5.91 Å². The Hall–Kier alpha value is -2.96. The fourth-order valence-corrected chi connectivity index (χ4v) is 3.24. The Morgan fingerprint density at radius 3 is 2.48 bits per heavy atom. The smallest absolute Gasteiger partial charge is 0.253 e. The Labute approximate surface area is 145 Å². The highest BCUT2D eigenvalue weighted by molar-refractivity contribution is 5.94. The van der Waals surface area contributed by atoms with E-state index in [1.54, 1.807) is 4.68 Å². The van der Waals surface area contributed by atoms with E-state index in [2.05, 4.69) is 20.0 Å². The zero-order chi connectivity index (χ0) is 17.4. The number of carbonyl (C=O) groups is 1. The van der Waals surface area contributed by atoms with Gasteiger partial charge in [-0.2, -0.15) is 5.10 Å². The van der Waals surface area contributed by atoms with E-state index in [1.807, 2.05) is 55.4 Å². The maximum absolute atomic E-state index is 12.6. The van der Waals surface area contributed by atoms with Crippen LogP contribution in [0.25, 0.3) is 11.0 Å². The Bertz CT molecular complexity index is 912. The lowest BCUT2D eigenvalue weighted by molar-refractivity contribution is 0.0746. The molecule has 1 fully saturated rings. The molecule has 128 valence electrons. The molecule has 0 bridgehead atoms. The summed E-state index contributed by atoms with van der Waals surface area (Å²) in [4.78, 5) is 25.8. The van der Waals surface area contributed by atoms with Gasteiger partial charge in [-0.1, -0.05) is 18.2 Å². The topological polar surface area (TPSA) is 67.2 Å². The zero-order valence-corrected chi connectivity index (χ0v) is 14.4.